The molecule has 1 aromatic rings. The average molecular weight is 430 g/mol. The Morgan fingerprint density at radius 2 is 1.84 bits per heavy atom. The fourth-order valence-corrected chi connectivity index (χ4v) is 3.46. The van der Waals surface area contributed by atoms with E-state index >= 15 is 0 Å². The van der Waals surface area contributed by atoms with Gasteiger partial charge in [0.25, 0.3) is 5.91 Å². The Bertz CT molecular complexity index is 791. The van der Waals surface area contributed by atoms with E-state index in [9.17, 15) is 9.59 Å². The fraction of sp³-hybridized carbons (Fsp3) is 0.600. The van der Waals surface area contributed by atoms with Crippen LogP contribution in [-0.4, -0.2) is 43.0 Å². The summed E-state index contributed by atoms with van der Waals surface area (Å²) >= 11 is 0. The van der Waals surface area contributed by atoms with Crippen LogP contribution in [0, 0.1) is 17.3 Å². The maximum atomic E-state index is 11.7. The lowest BCUT2D eigenvalue weighted by Crippen LogP contribution is -2.42. The van der Waals surface area contributed by atoms with Gasteiger partial charge < -0.3 is 20.0 Å². The van der Waals surface area contributed by atoms with Crippen LogP contribution in [0.15, 0.2) is 22.6 Å². The van der Waals surface area contributed by atoms with Crippen LogP contribution in [-0.2, 0) is 0 Å². The maximum Gasteiger partial charge on any atom is 0.317 e. The number of allylic oxidation sites excluding steroid dienone is 2. The first-order chi connectivity index (χ1) is 14.7. The molecule has 6 heteroatoms. The third-order valence-electron chi connectivity index (χ3n) is 5.24. The summed E-state index contributed by atoms with van der Waals surface area (Å²) in [6.07, 6.45) is 10.1. The Labute approximate surface area is 187 Å². The van der Waals surface area contributed by atoms with Gasteiger partial charge in [-0.15, -0.1) is 0 Å². The minimum atomic E-state index is -0.172. The third kappa shape index (κ3) is 7.93. The van der Waals surface area contributed by atoms with E-state index in [-0.39, 0.29) is 17.4 Å². The Morgan fingerprint density at radius 3 is 2.39 bits per heavy atom. The largest absolute Gasteiger partial charge is 0.451 e. The number of carbonyl (C=O) groups excluding carboxylic acids is 2. The molecule has 6 nitrogen and oxygen atoms in total. The first-order valence-corrected chi connectivity index (χ1v) is 11.4. The summed E-state index contributed by atoms with van der Waals surface area (Å²) in [7, 11) is 0. The molecule has 2 atom stereocenters. The highest BCUT2D eigenvalue weighted by atomic mass is 16.3. The fourth-order valence-electron chi connectivity index (χ4n) is 3.46. The highest BCUT2D eigenvalue weighted by Crippen LogP contribution is 2.44. The van der Waals surface area contributed by atoms with E-state index in [2.05, 4.69) is 38.3 Å². The minimum absolute atomic E-state index is 0.132. The van der Waals surface area contributed by atoms with Crippen LogP contribution in [0.3, 0.4) is 0 Å². The van der Waals surface area contributed by atoms with Gasteiger partial charge >= 0.3 is 6.03 Å². The summed E-state index contributed by atoms with van der Waals surface area (Å²) in [5.41, 5.74) is 1.11. The van der Waals surface area contributed by atoms with Crippen molar-refractivity contribution in [3.8, 4) is 0 Å². The lowest BCUT2D eigenvalue weighted by atomic mass is 9.97. The zero-order chi connectivity index (χ0) is 23.0. The molecular weight excluding hydrogens is 390 g/mol. The van der Waals surface area contributed by atoms with Crippen molar-refractivity contribution in [1.29, 1.82) is 0 Å². The van der Waals surface area contributed by atoms with Crippen molar-refractivity contribution in [2.45, 2.75) is 54.4 Å². The predicted molar refractivity (Wildman–Crippen MR) is 127 cm³/mol. The average Bonchev–Trinajstić information content (AvgIpc) is 3.12. The van der Waals surface area contributed by atoms with Gasteiger partial charge in [0.15, 0.2) is 5.76 Å². The molecule has 1 aliphatic heterocycles. The van der Waals surface area contributed by atoms with Gasteiger partial charge in [-0.3, -0.25) is 4.79 Å². The van der Waals surface area contributed by atoms with Gasteiger partial charge in [0.2, 0.25) is 0 Å². The highest BCUT2D eigenvalue weighted by molar-refractivity contribution is 5.92. The van der Waals surface area contributed by atoms with Crippen molar-refractivity contribution in [3.63, 3.8) is 0 Å². The number of furan rings is 1. The molecule has 172 valence electrons. The van der Waals surface area contributed by atoms with Crippen LogP contribution >= 0.6 is 0 Å². The van der Waals surface area contributed by atoms with Crippen molar-refractivity contribution >= 4 is 24.1 Å². The normalized spacial score (nSPS) is 19.9. The number of rotatable bonds is 6. The predicted octanol–water partition coefficient (Wildman–Crippen LogP) is 5.18. The molecule has 1 saturated carbocycles. The van der Waals surface area contributed by atoms with E-state index in [4.69, 9.17) is 4.42 Å². The third-order valence-corrected chi connectivity index (χ3v) is 5.24. The number of fused-ring (bicyclic) bond motifs is 1. The molecule has 0 spiro atoms. The van der Waals surface area contributed by atoms with Crippen LogP contribution in [0.5, 0.6) is 0 Å². The number of piperidine rings is 1. The second-order valence-corrected chi connectivity index (χ2v) is 9.48. The molecule has 0 aromatic carbocycles. The standard InChI is InChI=1S/C14H19NO2.C11H20N2O/c1-4-7-9-12-11(8-5-2)10-13(17-12)14(16)15-6-3;1-11(2,3)7-12-10(14)13-5-8-4-9(8)6-13/h5,7-10H,4,6H2,1-3H3,(H,15,16);8-9H,4-7H2,1-3H3,(H,12,14)/b8-5-,9-7+;. The first-order valence-electron chi connectivity index (χ1n) is 11.4. The zero-order valence-electron chi connectivity index (χ0n) is 20.0. The van der Waals surface area contributed by atoms with Crippen molar-refractivity contribution in [2.75, 3.05) is 26.2 Å². The molecule has 3 amide bonds. The molecular formula is C25H39N3O3. The summed E-state index contributed by atoms with van der Waals surface area (Å²) < 4.78 is 5.53. The molecule has 1 saturated heterocycles. The van der Waals surface area contributed by atoms with E-state index in [0.717, 1.165) is 49.2 Å². The lowest BCUT2D eigenvalue weighted by Gasteiger charge is -2.23. The molecule has 2 aliphatic rings. The van der Waals surface area contributed by atoms with Gasteiger partial charge in [0.05, 0.1) is 0 Å². The van der Waals surface area contributed by atoms with Crippen LogP contribution in [0.1, 0.15) is 76.3 Å². The van der Waals surface area contributed by atoms with Gasteiger partial charge in [-0.05, 0) is 56.1 Å². The summed E-state index contributed by atoms with van der Waals surface area (Å²) in [6.45, 7) is 15.6. The van der Waals surface area contributed by atoms with Crippen LogP contribution in [0.2, 0.25) is 0 Å². The maximum absolute atomic E-state index is 11.7. The Morgan fingerprint density at radius 1 is 1.16 bits per heavy atom. The lowest BCUT2D eigenvalue weighted by molar-refractivity contribution is 0.0927. The SMILES string of the molecule is C/C=C\c1cc(C(=O)NCC)oc1/C=C/CC.CC(C)(C)CNC(=O)N1CC2CC2C1. The topological polar surface area (TPSA) is 74.6 Å². The molecule has 3 rings (SSSR count). The molecule has 2 fully saturated rings. The molecule has 2 unspecified atom stereocenters. The Kier molecular flexibility index (Phi) is 8.96. The van der Waals surface area contributed by atoms with Gasteiger partial charge in [-0.1, -0.05) is 45.9 Å². The van der Waals surface area contributed by atoms with Crippen molar-refractivity contribution in [3.05, 3.63) is 35.3 Å². The number of hydrogen-bond donors (Lipinski definition) is 2. The van der Waals surface area contributed by atoms with Crippen molar-refractivity contribution in [1.82, 2.24) is 15.5 Å². The highest BCUT2D eigenvalue weighted by Gasteiger charge is 2.46. The molecule has 31 heavy (non-hydrogen) atoms. The van der Waals surface area contributed by atoms with Crippen LogP contribution < -0.4 is 10.6 Å². The van der Waals surface area contributed by atoms with Crippen molar-refractivity contribution in [2.24, 2.45) is 17.3 Å². The molecule has 0 bridgehead atoms. The van der Waals surface area contributed by atoms with E-state index in [0.29, 0.717) is 12.3 Å². The van der Waals surface area contributed by atoms with Crippen LogP contribution in [0.25, 0.3) is 12.2 Å². The number of hydrogen-bond acceptors (Lipinski definition) is 3. The number of carbonyl (C=O) groups is 2. The van der Waals surface area contributed by atoms with E-state index in [1.807, 2.05) is 43.1 Å². The summed E-state index contributed by atoms with van der Waals surface area (Å²) in [4.78, 5) is 25.3. The monoisotopic (exact) mass is 429 g/mol. The molecule has 2 N–H and O–H groups in total. The van der Waals surface area contributed by atoms with E-state index in [1.54, 1.807) is 6.07 Å². The number of nitrogens with one attached hydrogen (secondary N) is 2. The summed E-state index contributed by atoms with van der Waals surface area (Å²) in [5, 5.41) is 5.71. The Balaban J connectivity index is 0.000000224. The smallest absolute Gasteiger partial charge is 0.317 e. The second-order valence-electron chi connectivity index (χ2n) is 9.48. The van der Waals surface area contributed by atoms with Crippen molar-refractivity contribution < 1.29 is 14.0 Å². The number of amides is 3. The number of urea groups is 1. The van der Waals surface area contributed by atoms with E-state index < -0.39 is 0 Å². The number of nitrogens with zero attached hydrogens (tertiary/aromatic N) is 1. The van der Waals surface area contributed by atoms with Gasteiger partial charge in [0.1, 0.15) is 5.76 Å². The molecule has 2 heterocycles. The molecule has 1 aromatic heterocycles. The van der Waals surface area contributed by atoms with E-state index in [1.165, 1.54) is 6.42 Å². The zero-order valence-corrected chi connectivity index (χ0v) is 20.0. The first kappa shape index (κ1) is 24.8. The summed E-state index contributed by atoms with van der Waals surface area (Å²) in [6, 6.07) is 1.90. The molecule has 1 aliphatic carbocycles. The molecule has 0 radical (unpaired) electrons. The quantitative estimate of drug-likeness (QED) is 0.654. The van der Waals surface area contributed by atoms with Gasteiger partial charge in [-0.2, -0.15) is 0 Å². The second kappa shape index (κ2) is 11.2. The number of likely N-dealkylation sites (tertiary alicyclic amines) is 1. The van der Waals surface area contributed by atoms with Gasteiger partial charge in [0, 0.05) is 31.7 Å². The minimum Gasteiger partial charge on any atom is -0.451 e. The Hall–Kier alpha value is -2.50. The van der Waals surface area contributed by atoms with Crippen LogP contribution in [0.4, 0.5) is 4.79 Å². The van der Waals surface area contributed by atoms with Gasteiger partial charge in [-0.25, -0.2) is 4.79 Å². The summed E-state index contributed by atoms with van der Waals surface area (Å²) in [5.74, 6) is 2.57.